The highest BCUT2D eigenvalue weighted by Gasteiger charge is 2.11. The Kier molecular flexibility index (Phi) is 4.74. The van der Waals surface area contributed by atoms with E-state index in [0.29, 0.717) is 5.56 Å². The summed E-state index contributed by atoms with van der Waals surface area (Å²) in [6.07, 6.45) is 0. The van der Waals surface area contributed by atoms with Crippen LogP contribution in [-0.4, -0.2) is 4.92 Å². The van der Waals surface area contributed by atoms with Crippen LogP contribution in [-0.2, 0) is 6.54 Å². The Bertz CT molecular complexity index is 713. The van der Waals surface area contributed by atoms with Crippen molar-refractivity contribution in [1.82, 2.24) is 0 Å². The van der Waals surface area contributed by atoms with Crippen LogP contribution in [0.4, 0.5) is 20.2 Å². The van der Waals surface area contributed by atoms with Crippen molar-refractivity contribution in [3.8, 4) is 0 Å². The molecule has 0 aliphatic carbocycles. The van der Waals surface area contributed by atoms with Crippen LogP contribution in [0.2, 0.25) is 5.02 Å². The summed E-state index contributed by atoms with van der Waals surface area (Å²) in [5, 5.41) is 13.6. The minimum Gasteiger partial charge on any atom is -0.379 e. The number of non-ortho nitro benzene ring substituents is 1. The molecule has 4 nitrogen and oxygen atoms in total. The number of hydrogen-bond acceptors (Lipinski definition) is 3. The van der Waals surface area contributed by atoms with Gasteiger partial charge in [-0.25, -0.2) is 8.78 Å². The van der Waals surface area contributed by atoms with Crippen molar-refractivity contribution >= 4 is 38.9 Å². The minimum atomic E-state index is -0.742. The Hall–Kier alpha value is -1.73. The molecule has 1 N–H and O–H groups in total. The van der Waals surface area contributed by atoms with Gasteiger partial charge in [0, 0.05) is 24.7 Å². The van der Waals surface area contributed by atoms with Crippen LogP contribution in [0.5, 0.6) is 0 Å². The van der Waals surface area contributed by atoms with Gasteiger partial charge in [0.05, 0.1) is 20.1 Å². The Labute approximate surface area is 132 Å². The maximum absolute atomic E-state index is 13.6. The van der Waals surface area contributed by atoms with Gasteiger partial charge >= 0.3 is 0 Å². The minimum absolute atomic E-state index is 0.0951. The molecule has 0 radical (unpaired) electrons. The summed E-state index contributed by atoms with van der Waals surface area (Å²) in [7, 11) is 0. The Morgan fingerprint density at radius 2 is 1.95 bits per heavy atom. The van der Waals surface area contributed by atoms with E-state index < -0.39 is 16.6 Å². The second-order valence-corrected chi connectivity index (χ2v) is 5.39. The van der Waals surface area contributed by atoms with Gasteiger partial charge in [0.2, 0.25) is 0 Å². The topological polar surface area (TPSA) is 55.2 Å². The van der Waals surface area contributed by atoms with Crippen molar-refractivity contribution in [1.29, 1.82) is 0 Å². The number of halogens is 4. The van der Waals surface area contributed by atoms with E-state index >= 15 is 0 Å². The molecule has 8 heteroatoms. The van der Waals surface area contributed by atoms with Gasteiger partial charge in [0.1, 0.15) is 11.6 Å². The van der Waals surface area contributed by atoms with Gasteiger partial charge in [0.15, 0.2) is 0 Å². The van der Waals surface area contributed by atoms with Crippen LogP contribution in [0.15, 0.2) is 34.8 Å². The monoisotopic (exact) mass is 376 g/mol. The lowest BCUT2D eigenvalue weighted by Gasteiger charge is -2.10. The average molecular weight is 378 g/mol. The summed E-state index contributed by atoms with van der Waals surface area (Å²) in [4.78, 5) is 10.0. The van der Waals surface area contributed by atoms with Gasteiger partial charge in [-0.3, -0.25) is 10.1 Å². The molecular weight excluding hydrogens is 370 g/mol. The molecule has 2 aromatic rings. The van der Waals surface area contributed by atoms with Crippen LogP contribution in [0.1, 0.15) is 5.56 Å². The standard InChI is InChI=1S/C13H8BrClF2N2O2/c14-9-4-13(12(17)5-11(9)16)18-6-7-1-2-8(19(20)21)3-10(7)15/h1-5,18H,6H2. The second-order valence-electron chi connectivity index (χ2n) is 4.13. The van der Waals surface area contributed by atoms with Crippen molar-refractivity contribution in [2.75, 3.05) is 5.32 Å². The van der Waals surface area contributed by atoms with Gasteiger partial charge in [-0.2, -0.15) is 0 Å². The fraction of sp³-hybridized carbons (Fsp3) is 0.0769. The van der Waals surface area contributed by atoms with E-state index in [4.69, 9.17) is 11.6 Å². The molecule has 0 spiro atoms. The normalized spacial score (nSPS) is 10.5. The van der Waals surface area contributed by atoms with Crippen LogP contribution in [0.3, 0.4) is 0 Å². The second kappa shape index (κ2) is 6.36. The molecular formula is C13H8BrClF2N2O2. The first-order chi connectivity index (χ1) is 9.88. The first-order valence-corrected chi connectivity index (χ1v) is 6.87. The third kappa shape index (κ3) is 3.68. The summed E-state index contributed by atoms with van der Waals surface area (Å²) in [6, 6.07) is 6.02. The van der Waals surface area contributed by atoms with Crippen LogP contribution < -0.4 is 5.32 Å². The lowest BCUT2D eigenvalue weighted by molar-refractivity contribution is -0.384. The first kappa shape index (κ1) is 15.7. The smallest absolute Gasteiger partial charge is 0.270 e. The predicted octanol–water partition coefficient (Wildman–Crippen LogP) is 4.90. The maximum atomic E-state index is 13.6. The zero-order valence-electron chi connectivity index (χ0n) is 10.4. The van der Waals surface area contributed by atoms with E-state index in [-0.39, 0.29) is 27.4 Å². The van der Waals surface area contributed by atoms with E-state index in [1.165, 1.54) is 24.3 Å². The van der Waals surface area contributed by atoms with E-state index in [1.54, 1.807) is 0 Å². The zero-order valence-corrected chi connectivity index (χ0v) is 12.7. The number of anilines is 1. The molecule has 0 aliphatic rings. The lowest BCUT2D eigenvalue weighted by atomic mass is 10.2. The summed E-state index contributed by atoms with van der Waals surface area (Å²) in [5.74, 6) is -1.44. The molecule has 0 aromatic heterocycles. The highest BCUT2D eigenvalue weighted by Crippen LogP contribution is 2.26. The van der Waals surface area contributed by atoms with E-state index in [2.05, 4.69) is 21.2 Å². The number of nitro benzene ring substituents is 1. The fourth-order valence-electron chi connectivity index (χ4n) is 1.64. The summed E-state index contributed by atoms with van der Waals surface area (Å²) in [5.41, 5.74) is 0.527. The van der Waals surface area contributed by atoms with Gasteiger partial charge in [-0.15, -0.1) is 0 Å². The maximum Gasteiger partial charge on any atom is 0.270 e. The fourth-order valence-corrected chi connectivity index (χ4v) is 2.23. The Morgan fingerprint density at radius 1 is 1.24 bits per heavy atom. The molecule has 0 atom stereocenters. The number of rotatable bonds is 4. The number of nitro groups is 1. The van der Waals surface area contributed by atoms with Crippen LogP contribution in [0.25, 0.3) is 0 Å². The number of nitrogens with one attached hydrogen (secondary N) is 1. The van der Waals surface area contributed by atoms with Crippen LogP contribution >= 0.6 is 27.5 Å². The van der Waals surface area contributed by atoms with Crippen molar-refractivity contribution in [2.24, 2.45) is 0 Å². The van der Waals surface area contributed by atoms with E-state index in [1.807, 2.05) is 0 Å². The molecule has 2 aromatic carbocycles. The van der Waals surface area contributed by atoms with Crippen molar-refractivity contribution in [3.05, 3.63) is 67.1 Å². The van der Waals surface area contributed by atoms with Crippen molar-refractivity contribution < 1.29 is 13.7 Å². The quantitative estimate of drug-likeness (QED) is 0.468. The molecule has 0 fully saturated rings. The average Bonchev–Trinajstić information content (AvgIpc) is 2.42. The van der Waals surface area contributed by atoms with E-state index in [0.717, 1.165) is 6.07 Å². The Balaban J connectivity index is 2.17. The molecule has 2 rings (SSSR count). The van der Waals surface area contributed by atoms with Gasteiger partial charge in [-0.1, -0.05) is 11.6 Å². The molecule has 110 valence electrons. The lowest BCUT2D eigenvalue weighted by Crippen LogP contribution is -2.03. The molecule has 0 amide bonds. The largest absolute Gasteiger partial charge is 0.379 e. The molecule has 0 bridgehead atoms. The highest BCUT2D eigenvalue weighted by molar-refractivity contribution is 9.10. The van der Waals surface area contributed by atoms with Crippen LogP contribution in [0, 0.1) is 21.7 Å². The van der Waals surface area contributed by atoms with Crippen molar-refractivity contribution in [2.45, 2.75) is 6.54 Å². The summed E-state index contributed by atoms with van der Waals surface area (Å²) in [6.45, 7) is 0.145. The third-order valence-electron chi connectivity index (χ3n) is 2.73. The molecule has 0 saturated carbocycles. The molecule has 0 saturated heterocycles. The molecule has 0 unspecified atom stereocenters. The van der Waals surface area contributed by atoms with Gasteiger partial charge in [-0.05, 0) is 33.6 Å². The van der Waals surface area contributed by atoms with Gasteiger partial charge < -0.3 is 5.32 Å². The predicted molar refractivity (Wildman–Crippen MR) is 79.5 cm³/mol. The summed E-state index contributed by atoms with van der Waals surface area (Å²) >= 11 is 8.89. The molecule has 21 heavy (non-hydrogen) atoms. The molecule has 0 heterocycles. The zero-order chi connectivity index (χ0) is 15.6. The third-order valence-corrected chi connectivity index (χ3v) is 3.69. The van der Waals surface area contributed by atoms with Crippen molar-refractivity contribution in [3.63, 3.8) is 0 Å². The number of benzene rings is 2. The molecule has 0 aliphatic heterocycles. The van der Waals surface area contributed by atoms with Gasteiger partial charge in [0.25, 0.3) is 5.69 Å². The SMILES string of the molecule is O=[N+]([O-])c1ccc(CNc2cc(Br)c(F)cc2F)c(Cl)c1. The summed E-state index contributed by atoms with van der Waals surface area (Å²) < 4.78 is 26.8. The number of hydrogen-bond donors (Lipinski definition) is 1. The van der Waals surface area contributed by atoms with E-state index in [9.17, 15) is 18.9 Å². The first-order valence-electron chi connectivity index (χ1n) is 5.69. The highest BCUT2D eigenvalue weighted by atomic mass is 79.9. The Morgan fingerprint density at radius 3 is 2.57 bits per heavy atom. The number of nitrogens with zero attached hydrogens (tertiary/aromatic N) is 1.